The number of methoxy groups -OCH3 is 1. The molecule has 116 valence electrons. The summed E-state index contributed by atoms with van der Waals surface area (Å²) < 4.78 is 14.8. The van der Waals surface area contributed by atoms with Gasteiger partial charge in [0.05, 0.1) is 20.1 Å². The van der Waals surface area contributed by atoms with Gasteiger partial charge in [0.1, 0.15) is 5.57 Å². The quantitative estimate of drug-likeness (QED) is 0.466. The van der Waals surface area contributed by atoms with Crippen molar-refractivity contribution in [2.24, 2.45) is 0 Å². The largest absolute Gasteiger partial charge is 0.466 e. The molecule has 1 atom stereocenters. The summed E-state index contributed by atoms with van der Waals surface area (Å²) >= 11 is 0. The molecule has 0 spiro atoms. The van der Waals surface area contributed by atoms with Crippen LogP contribution in [-0.4, -0.2) is 31.6 Å². The van der Waals surface area contributed by atoms with Gasteiger partial charge in [0.2, 0.25) is 0 Å². The van der Waals surface area contributed by atoms with Crippen LogP contribution in [-0.2, 0) is 34.2 Å². The van der Waals surface area contributed by atoms with E-state index in [9.17, 15) is 14.4 Å². The van der Waals surface area contributed by atoms with Crippen molar-refractivity contribution in [1.29, 1.82) is 0 Å². The fourth-order valence-electron chi connectivity index (χ4n) is 2.27. The first-order chi connectivity index (χ1) is 10.5. The predicted octanol–water partition coefficient (Wildman–Crippen LogP) is 1.49. The van der Waals surface area contributed by atoms with Crippen LogP contribution in [0.25, 0.3) is 0 Å². The lowest BCUT2D eigenvalue weighted by Gasteiger charge is -2.25. The molecule has 1 aromatic carbocycles. The Morgan fingerprint density at radius 2 is 1.91 bits per heavy atom. The van der Waals surface area contributed by atoms with Crippen LogP contribution >= 0.6 is 0 Å². The first kappa shape index (κ1) is 15.8. The molecule has 0 N–H and O–H groups in total. The van der Waals surface area contributed by atoms with Gasteiger partial charge in [-0.15, -0.1) is 0 Å². The number of carbonyl (C=O) groups excluding carboxylic acids is 3. The minimum absolute atomic E-state index is 0.211. The Kier molecular flexibility index (Phi) is 4.60. The minimum Gasteiger partial charge on any atom is -0.466 e. The highest BCUT2D eigenvalue weighted by molar-refractivity contribution is 6.15. The Hall–Kier alpha value is -2.63. The van der Waals surface area contributed by atoms with Crippen LogP contribution in [0.4, 0.5) is 0 Å². The zero-order chi connectivity index (χ0) is 16.2. The van der Waals surface area contributed by atoms with Crippen LogP contribution in [0.5, 0.6) is 0 Å². The lowest BCUT2D eigenvalue weighted by atomic mass is 9.89. The van der Waals surface area contributed by atoms with Gasteiger partial charge in [-0.1, -0.05) is 30.3 Å². The molecule has 0 radical (unpaired) electrons. The second kappa shape index (κ2) is 6.43. The molecule has 6 heteroatoms. The summed E-state index contributed by atoms with van der Waals surface area (Å²) in [7, 11) is 1.17. The lowest BCUT2D eigenvalue weighted by molar-refractivity contribution is -0.157. The number of hydrogen-bond acceptors (Lipinski definition) is 6. The molecule has 1 aliphatic rings. The maximum Gasteiger partial charge on any atom is 0.346 e. The molecule has 1 unspecified atom stereocenters. The van der Waals surface area contributed by atoms with Crippen LogP contribution in [0.15, 0.2) is 42.0 Å². The maximum atomic E-state index is 12.0. The summed E-state index contributed by atoms with van der Waals surface area (Å²) in [5.74, 6) is -2.15. The van der Waals surface area contributed by atoms with Gasteiger partial charge in [-0.25, -0.2) is 9.59 Å². The highest BCUT2D eigenvalue weighted by Gasteiger charge is 2.46. The summed E-state index contributed by atoms with van der Waals surface area (Å²) in [6.45, 7) is 1.90. The molecule has 0 aromatic heterocycles. The number of benzene rings is 1. The lowest BCUT2D eigenvalue weighted by Crippen LogP contribution is -2.29. The Labute approximate surface area is 127 Å². The molecule has 0 amide bonds. The van der Waals surface area contributed by atoms with E-state index in [1.54, 1.807) is 37.3 Å². The first-order valence-corrected chi connectivity index (χ1v) is 6.78. The topological polar surface area (TPSA) is 78.9 Å². The second-order valence-corrected chi connectivity index (χ2v) is 4.68. The zero-order valence-corrected chi connectivity index (χ0v) is 12.3. The molecule has 0 saturated carbocycles. The van der Waals surface area contributed by atoms with Gasteiger partial charge < -0.3 is 14.2 Å². The SMILES string of the molecule is CCOC(=O)CC1(c2ccccc2)C=C(C(=O)OC)C(=O)O1. The molecule has 1 aromatic rings. The van der Waals surface area contributed by atoms with Crippen molar-refractivity contribution < 1.29 is 28.6 Å². The van der Waals surface area contributed by atoms with E-state index in [0.717, 1.165) is 0 Å². The van der Waals surface area contributed by atoms with Gasteiger partial charge >= 0.3 is 17.9 Å². The van der Waals surface area contributed by atoms with E-state index in [1.807, 2.05) is 0 Å². The Morgan fingerprint density at radius 1 is 1.23 bits per heavy atom. The van der Waals surface area contributed by atoms with E-state index in [1.165, 1.54) is 13.2 Å². The van der Waals surface area contributed by atoms with Gasteiger partial charge in [0.25, 0.3) is 0 Å². The van der Waals surface area contributed by atoms with E-state index in [2.05, 4.69) is 4.74 Å². The standard InChI is InChI=1S/C16H16O6/c1-3-21-13(17)10-16(11-7-5-4-6-8-11)9-12(14(18)20-2)15(19)22-16/h4-9H,3,10H2,1-2H3. The van der Waals surface area contributed by atoms with Crippen molar-refractivity contribution in [2.45, 2.75) is 18.9 Å². The van der Waals surface area contributed by atoms with Crippen molar-refractivity contribution in [3.8, 4) is 0 Å². The molecule has 1 heterocycles. The van der Waals surface area contributed by atoms with E-state index >= 15 is 0 Å². The van der Waals surface area contributed by atoms with E-state index in [-0.39, 0.29) is 18.6 Å². The van der Waals surface area contributed by atoms with Crippen molar-refractivity contribution >= 4 is 17.9 Å². The van der Waals surface area contributed by atoms with Crippen molar-refractivity contribution in [3.05, 3.63) is 47.5 Å². The third kappa shape index (κ3) is 3.00. The molecule has 0 bridgehead atoms. The van der Waals surface area contributed by atoms with Crippen molar-refractivity contribution in [2.75, 3.05) is 13.7 Å². The molecule has 2 rings (SSSR count). The first-order valence-electron chi connectivity index (χ1n) is 6.78. The van der Waals surface area contributed by atoms with Gasteiger partial charge in [-0.2, -0.15) is 0 Å². The second-order valence-electron chi connectivity index (χ2n) is 4.68. The summed E-state index contributed by atoms with van der Waals surface area (Å²) in [6.07, 6.45) is 1.12. The molecule has 22 heavy (non-hydrogen) atoms. The summed E-state index contributed by atoms with van der Waals surface area (Å²) in [5.41, 5.74) is -1.00. The number of ether oxygens (including phenoxy) is 3. The number of carbonyl (C=O) groups is 3. The third-order valence-corrected chi connectivity index (χ3v) is 3.25. The van der Waals surface area contributed by atoms with Gasteiger partial charge in [-0.05, 0) is 13.0 Å². The molecule has 0 aliphatic carbocycles. The van der Waals surface area contributed by atoms with Crippen molar-refractivity contribution in [3.63, 3.8) is 0 Å². The summed E-state index contributed by atoms with van der Waals surface area (Å²) in [6, 6.07) is 8.72. The zero-order valence-electron chi connectivity index (χ0n) is 12.3. The minimum atomic E-state index is -1.35. The van der Waals surface area contributed by atoms with E-state index < -0.39 is 23.5 Å². The number of rotatable bonds is 5. The number of cyclic esters (lactones) is 1. The molecule has 0 saturated heterocycles. The molecular formula is C16H16O6. The molecule has 1 aliphatic heterocycles. The van der Waals surface area contributed by atoms with Crippen LogP contribution in [0, 0.1) is 0 Å². The van der Waals surface area contributed by atoms with Crippen LogP contribution in [0.3, 0.4) is 0 Å². The average Bonchev–Trinajstić information content (AvgIpc) is 2.85. The predicted molar refractivity (Wildman–Crippen MR) is 75.6 cm³/mol. The number of hydrogen-bond donors (Lipinski definition) is 0. The third-order valence-electron chi connectivity index (χ3n) is 3.25. The molecular weight excluding hydrogens is 288 g/mol. The Balaban J connectivity index is 2.44. The molecule has 0 fully saturated rings. The molecule has 6 nitrogen and oxygen atoms in total. The maximum absolute atomic E-state index is 12.0. The highest BCUT2D eigenvalue weighted by Crippen LogP contribution is 2.38. The summed E-state index contributed by atoms with van der Waals surface area (Å²) in [4.78, 5) is 35.5. The van der Waals surface area contributed by atoms with E-state index in [4.69, 9.17) is 9.47 Å². The van der Waals surface area contributed by atoms with E-state index in [0.29, 0.717) is 5.56 Å². The highest BCUT2D eigenvalue weighted by atomic mass is 16.6. The monoisotopic (exact) mass is 304 g/mol. The normalized spacial score (nSPS) is 20.1. The van der Waals surface area contributed by atoms with Gasteiger partial charge in [0, 0.05) is 5.56 Å². The van der Waals surface area contributed by atoms with Crippen LogP contribution in [0.1, 0.15) is 18.9 Å². The van der Waals surface area contributed by atoms with Crippen LogP contribution in [0.2, 0.25) is 0 Å². The van der Waals surface area contributed by atoms with Gasteiger partial charge in [-0.3, -0.25) is 4.79 Å². The smallest absolute Gasteiger partial charge is 0.346 e. The Morgan fingerprint density at radius 3 is 2.50 bits per heavy atom. The number of esters is 3. The fourth-order valence-corrected chi connectivity index (χ4v) is 2.27. The van der Waals surface area contributed by atoms with Gasteiger partial charge in [0.15, 0.2) is 5.60 Å². The average molecular weight is 304 g/mol. The summed E-state index contributed by atoms with van der Waals surface area (Å²) in [5, 5.41) is 0. The fraction of sp³-hybridized carbons (Fsp3) is 0.312. The van der Waals surface area contributed by atoms with Crippen LogP contribution < -0.4 is 0 Å². The Bertz CT molecular complexity index is 619. The van der Waals surface area contributed by atoms with Crippen molar-refractivity contribution in [1.82, 2.24) is 0 Å².